The van der Waals surface area contributed by atoms with Gasteiger partial charge in [-0.15, -0.1) is 0 Å². The van der Waals surface area contributed by atoms with E-state index in [1.165, 1.54) is 0 Å². The zero-order valence-corrected chi connectivity index (χ0v) is 17.5. The highest BCUT2D eigenvalue weighted by atomic mass is 16.7. The van der Waals surface area contributed by atoms with Crippen molar-refractivity contribution in [3.63, 3.8) is 0 Å². The predicted molar refractivity (Wildman–Crippen MR) is 115 cm³/mol. The number of amides is 3. The van der Waals surface area contributed by atoms with Gasteiger partial charge in [0.2, 0.25) is 18.6 Å². The van der Waals surface area contributed by atoms with Gasteiger partial charge in [0.25, 0.3) is 5.91 Å². The molecule has 8 heteroatoms. The number of nitrogens with zero attached hydrogens (tertiary/aromatic N) is 1. The largest absolute Gasteiger partial charge is 0.454 e. The molecule has 0 aromatic heterocycles. The fraction of sp³-hybridized carbons (Fsp3) is 0.348. The molecule has 2 heterocycles. The van der Waals surface area contributed by atoms with Gasteiger partial charge in [-0.25, -0.2) is 0 Å². The Morgan fingerprint density at radius 3 is 2.74 bits per heavy atom. The maximum atomic E-state index is 12.9. The third-order valence-electron chi connectivity index (χ3n) is 5.58. The van der Waals surface area contributed by atoms with E-state index in [2.05, 4.69) is 10.6 Å². The highest BCUT2D eigenvalue weighted by Crippen LogP contribution is 2.37. The van der Waals surface area contributed by atoms with Crippen molar-refractivity contribution in [1.29, 1.82) is 0 Å². The Hall–Kier alpha value is -3.55. The van der Waals surface area contributed by atoms with Crippen molar-refractivity contribution < 1.29 is 23.9 Å². The van der Waals surface area contributed by atoms with Gasteiger partial charge in [-0.3, -0.25) is 14.4 Å². The molecule has 0 bridgehead atoms. The summed E-state index contributed by atoms with van der Waals surface area (Å²) in [6.45, 7) is 4.32. The number of rotatable bonds is 6. The number of carbonyl (C=O) groups excluding carboxylic acids is 3. The number of nitrogens with one attached hydrogen (secondary N) is 2. The average Bonchev–Trinajstić information content (AvgIpc) is 3.39. The molecule has 0 unspecified atom stereocenters. The molecule has 0 radical (unpaired) electrons. The molecule has 0 saturated carbocycles. The zero-order chi connectivity index (χ0) is 22.0. The molecule has 162 valence electrons. The van der Waals surface area contributed by atoms with Crippen molar-refractivity contribution in [3.05, 3.63) is 48.0 Å². The van der Waals surface area contributed by atoms with Crippen molar-refractivity contribution >= 4 is 29.1 Å². The van der Waals surface area contributed by atoms with Gasteiger partial charge in [0.15, 0.2) is 11.5 Å². The van der Waals surface area contributed by atoms with Crippen LogP contribution in [0.15, 0.2) is 42.5 Å². The first kappa shape index (κ1) is 20.7. The number of fused-ring (bicyclic) bond motifs is 1. The first-order chi connectivity index (χ1) is 15.0. The Balaban J connectivity index is 1.45. The lowest BCUT2D eigenvalue weighted by atomic mass is 10.1. The normalized spacial score (nSPS) is 18.1. The molecular weight excluding hydrogens is 398 g/mol. The Bertz CT molecular complexity index is 1020. The van der Waals surface area contributed by atoms with Crippen LogP contribution in [0.3, 0.4) is 0 Å². The van der Waals surface area contributed by atoms with Crippen LogP contribution in [0.1, 0.15) is 37.0 Å². The molecule has 0 spiro atoms. The van der Waals surface area contributed by atoms with Gasteiger partial charge in [0.1, 0.15) is 0 Å². The monoisotopic (exact) mass is 423 g/mol. The lowest BCUT2D eigenvalue weighted by Crippen LogP contribution is -2.33. The van der Waals surface area contributed by atoms with E-state index in [9.17, 15) is 14.4 Å². The van der Waals surface area contributed by atoms with Gasteiger partial charge in [-0.05, 0) is 37.6 Å². The molecule has 1 saturated heterocycles. The summed E-state index contributed by atoms with van der Waals surface area (Å²) < 4.78 is 10.7. The summed E-state index contributed by atoms with van der Waals surface area (Å²) in [4.78, 5) is 39.6. The number of ether oxygens (including phenoxy) is 2. The molecule has 31 heavy (non-hydrogen) atoms. The SMILES string of the molecule is CC[C@@H](C)NC(=O)c1ccccc1NC(=O)[C@H]1CC(=O)N(c2ccc3c(c2)OCO3)C1. The highest BCUT2D eigenvalue weighted by Gasteiger charge is 2.36. The maximum Gasteiger partial charge on any atom is 0.253 e. The predicted octanol–water partition coefficient (Wildman–Crippen LogP) is 2.94. The first-order valence-electron chi connectivity index (χ1n) is 10.4. The van der Waals surface area contributed by atoms with Crippen LogP contribution in [-0.4, -0.2) is 37.1 Å². The fourth-order valence-corrected chi connectivity index (χ4v) is 3.61. The Morgan fingerprint density at radius 1 is 1.16 bits per heavy atom. The molecule has 0 aliphatic carbocycles. The molecule has 2 atom stereocenters. The highest BCUT2D eigenvalue weighted by molar-refractivity contribution is 6.07. The molecule has 2 aromatic rings. The number of anilines is 2. The number of para-hydroxylation sites is 1. The van der Waals surface area contributed by atoms with E-state index in [0.717, 1.165) is 6.42 Å². The smallest absolute Gasteiger partial charge is 0.253 e. The van der Waals surface area contributed by atoms with E-state index in [4.69, 9.17) is 9.47 Å². The average molecular weight is 423 g/mol. The van der Waals surface area contributed by atoms with E-state index >= 15 is 0 Å². The molecule has 2 N–H and O–H groups in total. The third kappa shape index (κ3) is 4.33. The van der Waals surface area contributed by atoms with Crippen LogP contribution in [0.25, 0.3) is 0 Å². The standard InChI is InChI=1S/C23H25N3O5/c1-3-14(2)24-23(29)17-6-4-5-7-18(17)25-22(28)15-10-21(27)26(12-15)16-8-9-19-20(11-16)31-13-30-19/h4-9,11,14-15H,3,10,12-13H2,1-2H3,(H,24,29)(H,25,28)/t14-,15+/m1/s1. The van der Waals surface area contributed by atoms with Crippen molar-refractivity contribution in [2.45, 2.75) is 32.7 Å². The van der Waals surface area contributed by atoms with Crippen LogP contribution in [0.4, 0.5) is 11.4 Å². The number of carbonyl (C=O) groups is 3. The molecule has 1 fully saturated rings. The summed E-state index contributed by atoms with van der Waals surface area (Å²) >= 11 is 0. The summed E-state index contributed by atoms with van der Waals surface area (Å²) in [5, 5.41) is 5.75. The summed E-state index contributed by atoms with van der Waals surface area (Å²) in [6.07, 6.45) is 0.904. The third-order valence-corrected chi connectivity index (χ3v) is 5.58. The molecule has 3 amide bonds. The van der Waals surface area contributed by atoms with Crippen LogP contribution in [0.2, 0.25) is 0 Å². The quantitative estimate of drug-likeness (QED) is 0.745. The topological polar surface area (TPSA) is 97.0 Å². The van der Waals surface area contributed by atoms with E-state index < -0.39 is 5.92 Å². The van der Waals surface area contributed by atoms with Crippen LogP contribution in [0.5, 0.6) is 11.5 Å². The molecular formula is C23H25N3O5. The number of hydrogen-bond donors (Lipinski definition) is 2. The van der Waals surface area contributed by atoms with E-state index in [1.807, 2.05) is 13.8 Å². The Morgan fingerprint density at radius 2 is 1.94 bits per heavy atom. The zero-order valence-electron chi connectivity index (χ0n) is 17.5. The van der Waals surface area contributed by atoms with Gasteiger partial charge >= 0.3 is 0 Å². The minimum absolute atomic E-state index is 0.0268. The lowest BCUT2D eigenvalue weighted by molar-refractivity contribution is -0.122. The van der Waals surface area contributed by atoms with Gasteiger partial charge in [0, 0.05) is 30.8 Å². The maximum absolute atomic E-state index is 12.9. The van der Waals surface area contributed by atoms with Crippen LogP contribution < -0.4 is 25.0 Å². The summed E-state index contributed by atoms with van der Waals surface area (Å²) in [5.74, 6) is 0.0250. The lowest BCUT2D eigenvalue weighted by Gasteiger charge is -2.18. The van der Waals surface area contributed by atoms with Crippen molar-refractivity contribution in [2.24, 2.45) is 5.92 Å². The summed E-state index contributed by atoms with van der Waals surface area (Å²) in [5.41, 5.74) is 1.49. The summed E-state index contributed by atoms with van der Waals surface area (Å²) in [7, 11) is 0. The second-order valence-corrected chi connectivity index (χ2v) is 7.76. The van der Waals surface area contributed by atoms with E-state index in [0.29, 0.717) is 28.4 Å². The van der Waals surface area contributed by atoms with Gasteiger partial charge in [-0.1, -0.05) is 19.1 Å². The minimum Gasteiger partial charge on any atom is -0.454 e. The van der Waals surface area contributed by atoms with Crippen molar-refractivity contribution in [1.82, 2.24) is 5.32 Å². The van der Waals surface area contributed by atoms with Gasteiger partial charge < -0.3 is 25.0 Å². The molecule has 4 rings (SSSR count). The van der Waals surface area contributed by atoms with Gasteiger partial charge in [0.05, 0.1) is 17.2 Å². The van der Waals surface area contributed by atoms with E-state index in [1.54, 1.807) is 47.4 Å². The van der Waals surface area contributed by atoms with Gasteiger partial charge in [-0.2, -0.15) is 0 Å². The van der Waals surface area contributed by atoms with E-state index in [-0.39, 0.29) is 43.5 Å². The van der Waals surface area contributed by atoms with Crippen molar-refractivity contribution in [3.8, 4) is 11.5 Å². The van der Waals surface area contributed by atoms with Crippen molar-refractivity contribution in [2.75, 3.05) is 23.6 Å². The molecule has 2 aromatic carbocycles. The van der Waals surface area contributed by atoms with Crippen LogP contribution in [0, 0.1) is 5.92 Å². The Labute approximate surface area is 180 Å². The Kier molecular flexibility index (Phi) is 5.79. The number of benzene rings is 2. The molecule has 2 aliphatic heterocycles. The minimum atomic E-state index is -0.524. The number of hydrogen-bond acceptors (Lipinski definition) is 5. The summed E-state index contributed by atoms with van der Waals surface area (Å²) in [6, 6.07) is 12.2. The fourth-order valence-electron chi connectivity index (χ4n) is 3.61. The van der Waals surface area contributed by atoms with Crippen LogP contribution >= 0.6 is 0 Å². The second-order valence-electron chi connectivity index (χ2n) is 7.76. The second kappa shape index (κ2) is 8.67. The van der Waals surface area contributed by atoms with Crippen LogP contribution in [-0.2, 0) is 9.59 Å². The molecule has 2 aliphatic rings. The first-order valence-corrected chi connectivity index (χ1v) is 10.4. The molecule has 8 nitrogen and oxygen atoms in total.